The van der Waals surface area contributed by atoms with Crippen molar-refractivity contribution in [2.24, 2.45) is 11.3 Å². The van der Waals surface area contributed by atoms with Gasteiger partial charge in [-0.1, -0.05) is 12.5 Å². The zero-order valence-corrected chi connectivity index (χ0v) is 20.7. The summed E-state index contributed by atoms with van der Waals surface area (Å²) in [5.74, 6) is -3.44. The van der Waals surface area contributed by atoms with Crippen LogP contribution in [0.5, 0.6) is 5.75 Å². The van der Waals surface area contributed by atoms with Gasteiger partial charge in [0.2, 0.25) is 11.8 Å². The monoisotopic (exact) mass is 512 g/mol. The number of nitrogens with zero attached hydrogens (tertiary/aromatic N) is 2. The molecule has 5 rings (SSSR count). The fourth-order valence-electron chi connectivity index (χ4n) is 6.38. The van der Waals surface area contributed by atoms with E-state index in [1.54, 1.807) is 24.3 Å². The fourth-order valence-corrected chi connectivity index (χ4v) is 6.38. The van der Waals surface area contributed by atoms with Gasteiger partial charge in [-0.3, -0.25) is 14.4 Å². The van der Waals surface area contributed by atoms with Gasteiger partial charge in [0.1, 0.15) is 29.3 Å². The van der Waals surface area contributed by atoms with E-state index in [-0.39, 0.29) is 49.6 Å². The third kappa shape index (κ3) is 4.79. The third-order valence-electron chi connectivity index (χ3n) is 8.09. The highest BCUT2D eigenvalue weighted by Crippen LogP contribution is 2.58. The van der Waals surface area contributed by atoms with Crippen LogP contribution in [0.1, 0.15) is 61.9 Å². The second-order valence-electron chi connectivity index (χ2n) is 10.8. The van der Waals surface area contributed by atoms with Crippen molar-refractivity contribution in [3.8, 4) is 11.8 Å². The summed E-state index contributed by atoms with van der Waals surface area (Å²) in [5, 5.41) is 13.1. The summed E-state index contributed by atoms with van der Waals surface area (Å²) in [7, 11) is 1.52. The zero-order valence-electron chi connectivity index (χ0n) is 20.7. The maximum absolute atomic E-state index is 13.9. The number of nitriles is 1. The lowest BCUT2D eigenvalue weighted by Gasteiger charge is -2.44. The van der Waals surface area contributed by atoms with E-state index in [0.717, 1.165) is 12.8 Å². The molecule has 0 radical (unpaired) electrons. The minimum atomic E-state index is -2.81. The van der Waals surface area contributed by atoms with Gasteiger partial charge in [-0.15, -0.1) is 0 Å². The number of nitrogens with one attached hydrogen (secondary N) is 2. The first-order valence-electron chi connectivity index (χ1n) is 12.7. The number of alkyl halides is 2. The predicted molar refractivity (Wildman–Crippen MR) is 130 cm³/mol. The van der Waals surface area contributed by atoms with Crippen molar-refractivity contribution in [2.45, 2.75) is 69.4 Å². The van der Waals surface area contributed by atoms with E-state index >= 15 is 0 Å². The van der Waals surface area contributed by atoms with Gasteiger partial charge in [-0.05, 0) is 43.9 Å². The molecule has 2 aliphatic carbocycles. The summed E-state index contributed by atoms with van der Waals surface area (Å²) in [6, 6.07) is 7.15. The summed E-state index contributed by atoms with van der Waals surface area (Å²) in [6.07, 6.45) is 2.45. The van der Waals surface area contributed by atoms with Crippen molar-refractivity contribution >= 4 is 28.5 Å². The number of amides is 2. The van der Waals surface area contributed by atoms with Crippen LogP contribution in [0, 0.1) is 22.7 Å². The predicted octanol–water partition coefficient (Wildman–Crippen LogP) is 3.96. The highest BCUT2D eigenvalue weighted by atomic mass is 19.3. The Kier molecular flexibility index (Phi) is 6.42. The molecule has 2 aromatic rings. The number of ether oxygens (including phenoxy) is 1. The van der Waals surface area contributed by atoms with Gasteiger partial charge in [-0.25, -0.2) is 8.78 Å². The second kappa shape index (κ2) is 9.43. The molecule has 3 fully saturated rings. The number of likely N-dealkylation sites (tertiary alicyclic amines) is 1. The molecule has 0 bridgehead atoms. The Bertz CT molecular complexity index is 1270. The number of aromatic amines is 1. The first-order valence-corrected chi connectivity index (χ1v) is 12.7. The lowest BCUT2D eigenvalue weighted by Crippen LogP contribution is -2.49. The Morgan fingerprint density at radius 3 is 2.78 bits per heavy atom. The molecule has 2 amide bonds. The molecule has 2 N–H and O–H groups in total. The molecule has 37 heavy (non-hydrogen) atoms. The van der Waals surface area contributed by atoms with Crippen LogP contribution in [0.4, 0.5) is 8.78 Å². The molecule has 2 saturated carbocycles. The van der Waals surface area contributed by atoms with Crippen LogP contribution in [0.25, 0.3) is 10.9 Å². The average Bonchev–Trinajstić information content (AvgIpc) is 3.46. The Morgan fingerprint density at radius 1 is 1.32 bits per heavy atom. The van der Waals surface area contributed by atoms with E-state index < -0.39 is 35.2 Å². The molecule has 1 aromatic heterocycles. The molecule has 8 nitrogen and oxygen atoms in total. The molecule has 3 unspecified atom stereocenters. The van der Waals surface area contributed by atoms with Crippen LogP contribution in [0.2, 0.25) is 0 Å². The molecule has 3 atom stereocenters. The minimum absolute atomic E-state index is 0.0321. The molecule has 1 aliphatic heterocycles. The topological polar surface area (TPSA) is 115 Å². The van der Waals surface area contributed by atoms with Crippen molar-refractivity contribution < 1.29 is 27.9 Å². The first-order chi connectivity index (χ1) is 17.6. The molecule has 1 spiro atoms. The van der Waals surface area contributed by atoms with Gasteiger partial charge in [-0.2, -0.15) is 5.26 Å². The minimum Gasteiger partial charge on any atom is -0.496 e. The number of rotatable bonds is 6. The standard InChI is InChI=1S/C27H30F2N4O4/c1-37-23-8-4-6-19-18(23)10-20(32-19)25(36)33-15-26(13-27(28,29)14-26)11-21(33)24(35)31-17(12-30)9-16-5-2-3-7-22(16)34/h4,6,8,10,16-17,21,32H,2-3,5,7,9,11,13-15H2,1H3,(H,31,35). The highest BCUT2D eigenvalue weighted by Gasteiger charge is 2.62. The number of benzene rings is 1. The Balaban J connectivity index is 1.37. The molecule has 1 aromatic carbocycles. The molecule has 2 heterocycles. The molecule has 196 valence electrons. The lowest BCUT2D eigenvalue weighted by atomic mass is 9.65. The first kappa shape index (κ1) is 25.2. The van der Waals surface area contributed by atoms with Crippen molar-refractivity contribution in [1.82, 2.24) is 15.2 Å². The van der Waals surface area contributed by atoms with E-state index in [1.165, 1.54) is 12.0 Å². The van der Waals surface area contributed by atoms with Crippen molar-refractivity contribution in [1.29, 1.82) is 5.26 Å². The number of ketones is 1. The largest absolute Gasteiger partial charge is 0.496 e. The van der Waals surface area contributed by atoms with E-state index in [4.69, 9.17) is 4.74 Å². The van der Waals surface area contributed by atoms with E-state index in [2.05, 4.69) is 16.4 Å². The van der Waals surface area contributed by atoms with Crippen LogP contribution in [0.15, 0.2) is 24.3 Å². The van der Waals surface area contributed by atoms with Gasteiger partial charge in [0.05, 0.1) is 13.2 Å². The zero-order chi connectivity index (χ0) is 26.4. The molecule has 1 saturated heterocycles. The summed E-state index contributed by atoms with van der Waals surface area (Å²) in [6.45, 7) is 0.0321. The Hall–Kier alpha value is -3.48. The number of H-pyrrole nitrogens is 1. The average molecular weight is 513 g/mol. The third-order valence-corrected chi connectivity index (χ3v) is 8.09. The number of hydrogen-bond acceptors (Lipinski definition) is 5. The van der Waals surface area contributed by atoms with Crippen LogP contribution < -0.4 is 10.1 Å². The van der Waals surface area contributed by atoms with Crippen LogP contribution in [-0.4, -0.2) is 59.1 Å². The van der Waals surface area contributed by atoms with Gasteiger partial charge in [0.25, 0.3) is 5.91 Å². The second-order valence-corrected chi connectivity index (χ2v) is 10.8. The van der Waals surface area contributed by atoms with E-state index in [1.807, 2.05) is 0 Å². The number of carbonyl (C=O) groups excluding carboxylic acids is 3. The number of halogens is 2. The maximum Gasteiger partial charge on any atom is 0.271 e. The molecule has 3 aliphatic rings. The fraction of sp³-hybridized carbons (Fsp3) is 0.556. The molecular formula is C27H30F2N4O4. The SMILES string of the molecule is COc1cccc2[nH]c(C(=O)N3CC4(CC3C(=O)NC(C#N)CC3CCCCC3=O)CC(F)(F)C4)cc12. The maximum atomic E-state index is 13.9. The quantitative estimate of drug-likeness (QED) is 0.608. The van der Waals surface area contributed by atoms with Gasteiger partial charge < -0.3 is 19.9 Å². The van der Waals surface area contributed by atoms with Gasteiger partial charge >= 0.3 is 0 Å². The Morgan fingerprint density at radius 2 is 2.11 bits per heavy atom. The van der Waals surface area contributed by atoms with E-state index in [9.17, 15) is 28.4 Å². The van der Waals surface area contributed by atoms with Gasteiger partial charge in [0, 0.05) is 48.0 Å². The number of Topliss-reactive ketones (excluding diaryl/α,β-unsaturated/α-hetero) is 1. The normalized spacial score (nSPS) is 24.9. The van der Waals surface area contributed by atoms with Gasteiger partial charge in [0.15, 0.2) is 0 Å². The number of hydrogen-bond donors (Lipinski definition) is 2. The summed E-state index contributed by atoms with van der Waals surface area (Å²) in [5.41, 5.74) is 0.0614. The van der Waals surface area contributed by atoms with E-state index in [0.29, 0.717) is 29.5 Å². The van der Waals surface area contributed by atoms with Crippen molar-refractivity contribution in [3.05, 3.63) is 30.0 Å². The number of aromatic nitrogens is 1. The smallest absolute Gasteiger partial charge is 0.271 e. The number of fused-ring (bicyclic) bond motifs is 1. The molecule has 10 heteroatoms. The summed E-state index contributed by atoms with van der Waals surface area (Å²) < 4.78 is 33.2. The summed E-state index contributed by atoms with van der Waals surface area (Å²) >= 11 is 0. The highest BCUT2D eigenvalue weighted by molar-refractivity contribution is 6.02. The summed E-state index contributed by atoms with van der Waals surface area (Å²) in [4.78, 5) is 43.6. The van der Waals surface area contributed by atoms with Crippen molar-refractivity contribution in [3.63, 3.8) is 0 Å². The Labute approximate surface area is 213 Å². The molecular weight excluding hydrogens is 482 g/mol. The van der Waals surface area contributed by atoms with Crippen LogP contribution in [0.3, 0.4) is 0 Å². The lowest BCUT2D eigenvalue weighted by molar-refractivity contribution is -0.155. The van der Waals surface area contributed by atoms with Crippen LogP contribution in [-0.2, 0) is 9.59 Å². The van der Waals surface area contributed by atoms with Crippen LogP contribution >= 0.6 is 0 Å². The van der Waals surface area contributed by atoms with Crippen molar-refractivity contribution in [2.75, 3.05) is 13.7 Å². The number of methoxy groups -OCH3 is 1. The number of carbonyl (C=O) groups is 3.